The van der Waals surface area contributed by atoms with Gasteiger partial charge in [-0.3, -0.25) is 0 Å². The van der Waals surface area contributed by atoms with Crippen LogP contribution in [0, 0.1) is 10.7 Å². The first-order chi connectivity index (χ1) is 4.91. The minimum atomic E-state index is -0.239. The molecule has 0 fully saturated rings. The monoisotopic (exact) mass is 175 g/mol. The minimum absolute atomic E-state index is 0.239. The van der Waals surface area contributed by atoms with E-state index in [2.05, 4.69) is 0 Å². The van der Waals surface area contributed by atoms with E-state index in [1.165, 1.54) is 17.8 Å². The molecule has 0 rings (SSSR count). The molecule has 2 nitrogen and oxygen atoms in total. The van der Waals surface area contributed by atoms with Gasteiger partial charge >= 0.3 is 0 Å². The highest BCUT2D eigenvalue weighted by atomic mass is 32.2. The molecule has 4 heteroatoms. The summed E-state index contributed by atoms with van der Waals surface area (Å²) in [5.41, 5.74) is 0. The second-order valence-corrected chi connectivity index (χ2v) is 4.25. The predicted octanol–water partition coefficient (Wildman–Crippen LogP) is 1.13. The van der Waals surface area contributed by atoms with Gasteiger partial charge in [-0.15, -0.1) is 0 Å². The van der Waals surface area contributed by atoms with E-state index < -0.39 is 0 Å². The molecule has 0 aromatic carbocycles. The summed E-state index contributed by atoms with van der Waals surface area (Å²) in [5.74, 6) is 0.969. The van der Waals surface area contributed by atoms with Gasteiger partial charge in [-0.25, -0.2) is 0 Å². The first kappa shape index (κ1) is 10.0. The maximum absolute atomic E-state index is 8.16. The Balaban J connectivity index is 2.72. The lowest BCUT2D eigenvalue weighted by Crippen LogP contribution is -1.97. The Morgan fingerprint density at radius 3 is 3.10 bits per heavy atom. The first-order valence-electron chi connectivity index (χ1n) is 3.50. The zero-order valence-corrected chi connectivity index (χ0v) is 8.53. The molecule has 0 saturated heterocycles. The van der Waals surface area contributed by atoms with Gasteiger partial charge in [0, 0.05) is 12.4 Å². The van der Waals surface area contributed by atoms with Gasteiger partial charge in [-0.1, -0.05) is 0 Å². The summed E-state index contributed by atoms with van der Waals surface area (Å²) in [4.78, 5) is 0. The smallest absolute Gasteiger partial charge is 0.161 e. The van der Waals surface area contributed by atoms with Crippen LogP contribution < -0.4 is 0 Å². The summed E-state index contributed by atoms with van der Waals surface area (Å²) >= 11 is 1.34. The molecule has 0 bridgehead atoms. The molecule has 0 aromatic heterocycles. The molecule has 0 heterocycles. The maximum Gasteiger partial charge on any atom is 0.161 e. The number of nitrogens with zero attached hydrogens (tertiary/aromatic N) is 1. The van der Waals surface area contributed by atoms with Crippen molar-refractivity contribution in [3.8, 4) is 5.40 Å². The van der Waals surface area contributed by atoms with Crippen LogP contribution in [0.25, 0.3) is 0 Å². The quantitative estimate of drug-likeness (QED) is 0.345. The summed E-state index contributed by atoms with van der Waals surface area (Å²) in [6, 6.07) is 1.21. The van der Waals surface area contributed by atoms with Crippen LogP contribution in [0.4, 0.5) is 0 Å². The van der Waals surface area contributed by atoms with Gasteiger partial charge < -0.3 is 4.43 Å². The molecule has 0 saturated carbocycles. The fraction of sp³-hybridized carbons (Fsp3) is 0.833. The van der Waals surface area contributed by atoms with Crippen LogP contribution in [0.2, 0.25) is 6.04 Å². The third kappa shape index (κ3) is 8.02. The van der Waals surface area contributed by atoms with Crippen molar-refractivity contribution in [3.05, 3.63) is 0 Å². The number of hydrogen-bond donors (Lipinski definition) is 0. The highest BCUT2D eigenvalue weighted by Gasteiger charge is 1.88. The Morgan fingerprint density at radius 2 is 2.50 bits per heavy atom. The number of thioether (sulfide) groups is 1. The Kier molecular flexibility index (Phi) is 9.03. The lowest BCUT2D eigenvalue weighted by molar-refractivity contribution is 0.359. The van der Waals surface area contributed by atoms with Crippen LogP contribution in [0.1, 0.15) is 13.3 Å². The largest absolute Gasteiger partial charge is 0.424 e. The zero-order valence-electron chi connectivity index (χ0n) is 6.30. The highest BCUT2D eigenvalue weighted by Crippen LogP contribution is 2.01. The molecule has 0 unspecified atom stereocenters. The first-order valence-corrected chi connectivity index (χ1v) is 6.06. The normalized spacial score (nSPS) is 10.4. The van der Waals surface area contributed by atoms with E-state index in [1.54, 1.807) is 0 Å². The van der Waals surface area contributed by atoms with Gasteiger partial charge in [-0.05, 0) is 31.2 Å². The lowest BCUT2D eigenvalue weighted by Gasteiger charge is -1.96. The van der Waals surface area contributed by atoms with Crippen molar-refractivity contribution in [1.82, 2.24) is 0 Å². The summed E-state index contributed by atoms with van der Waals surface area (Å²) in [6.07, 6.45) is 1.14. The molecule has 0 spiro atoms. The molecular formula is C6H13NOSSi. The predicted molar refractivity (Wildman–Crippen MR) is 47.7 cm³/mol. The SMILES string of the molecule is CCO[SiH2]CCCSC#N. The second kappa shape index (κ2) is 9.02. The van der Waals surface area contributed by atoms with Crippen molar-refractivity contribution in [2.45, 2.75) is 19.4 Å². The number of hydrogen-bond acceptors (Lipinski definition) is 3. The Morgan fingerprint density at radius 1 is 1.70 bits per heavy atom. The molecule has 0 aliphatic rings. The van der Waals surface area contributed by atoms with E-state index >= 15 is 0 Å². The molecule has 0 amide bonds. The molecule has 0 N–H and O–H groups in total. The van der Waals surface area contributed by atoms with E-state index in [0.717, 1.165) is 18.8 Å². The van der Waals surface area contributed by atoms with Gasteiger partial charge in [-0.2, -0.15) is 5.26 Å². The minimum Gasteiger partial charge on any atom is -0.424 e. The van der Waals surface area contributed by atoms with Crippen LogP contribution in [-0.4, -0.2) is 22.1 Å². The van der Waals surface area contributed by atoms with Crippen LogP contribution in [0.3, 0.4) is 0 Å². The third-order valence-electron chi connectivity index (χ3n) is 1.05. The maximum atomic E-state index is 8.16. The molecule has 58 valence electrons. The fourth-order valence-electron chi connectivity index (χ4n) is 0.568. The van der Waals surface area contributed by atoms with Gasteiger partial charge in [0.2, 0.25) is 0 Å². The summed E-state index contributed by atoms with van der Waals surface area (Å²) in [6.45, 7) is 2.88. The summed E-state index contributed by atoms with van der Waals surface area (Å²) in [7, 11) is -0.239. The molecule has 0 aromatic rings. The van der Waals surface area contributed by atoms with E-state index in [-0.39, 0.29) is 9.76 Å². The van der Waals surface area contributed by atoms with Crippen molar-refractivity contribution < 1.29 is 4.43 Å². The molecular weight excluding hydrogens is 162 g/mol. The van der Waals surface area contributed by atoms with Crippen LogP contribution in [0.15, 0.2) is 0 Å². The molecule has 0 radical (unpaired) electrons. The zero-order chi connectivity index (χ0) is 7.66. The van der Waals surface area contributed by atoms with Crippen molar-refractivity contribution in [1.29, 1.82) is 5.26 Å². The standard InChI is InChI=1S/C6H13NOSSi/c1-2-8-10-5-3-4-9-6-7/h2-5,10H2,1H3. The van der Waals surface area contributed by atoms with Crippen molar-refractivity contribution in [3.63, 3.8) is 0 Å². The number of rotatable bonds is 6. The molecule has 0 aliphatic carbocycles. The Hall–Kier alpha value is 0.0169. The molecule has 10 heavy (non-hydrogen) atoms. The molecule has 0 atom stereocenters. The van der Waals surface area contributed by atoms with Gasteiger partial charge in [0.25, 0.3) is 0 Å². The lowest BCUT2D eigenvalue weighted by atomic mass is 10.6. The third-order valence-corrected chi connectivity index (χ3v) is 3.16. The summed E-state index contributed by atoms with van der Waals surface area (Å²) in [5, 5.41) is 10.2. The Bertz CT molecular complexity index is 104. The van der Waals surface area contributed by atoms with Gasteiger partial charge in [0.1, 0.15) is 5.40 Å². The van der Waals surface area contributed by atoms with Gasteiger partial charge in [0.05, 0.1) is 0 Å². The van der Waals surface area contributed by atoms with Crippen LogP contribution in [-0.2, 0) is 4.43 Å². The average molecular weight is 175 g/mol. The Labute approximate surface area is 68.9 Å². The molecule has 0 aliphatic heterocycles. The van der Waals surface area contributed by atoms with E-state index in [0.29, 0.717) is 0 Å². The summed E-state index contributed by atoms with van der Waals surface area (Å²) < 4.78 is 5.26. The number of thiocyanates is 1. The van der Waals surface area contributed by atoms with Gasteiger partial charge in [0.15, 0.2) is 9.76 Å². The van der Waals surface area contributed by atoms with Crippen LogP contribution in [0.5, 0.6) is 0 Å². The van der Waals surface area contributed by atoms with E-state index in [9.17, 15) is 0 Å². The van der Waals surface area contributed by atoms with E-state index in [4.69, 9.17) is 9.69 Å². The van der Waals surface area contributed by atoms with Crippen molar-refractivity contribution in [2.75, 3.05) is 12.4 Å². The average Bonchev–Trinajstić information content (AvgIpc) is 1.97. The van der Waals surface area contributed by atoms with Crippen molar-refractivity contribution in [2.24, 2.45) is 0 Å². The van der Waals surface area contributed by atoms with E-state index in [1.807, 2.05) is 12.3 Å². The highest BCUT2D eigenvalue weighted by molar-refractivity contribution is 8.03. The van der Waals surface area contributed by atoms with Crippen LogP contribution >= 0.6 is 11.8 Å². The number of nitriles is 1. The second-order valence-electron chi connectivity index (χ2n) is 1.84. The topological polar surface area (TPSA) is 33.0 Å². The fourth-order valence-corrected chi connectivity index (χ4v) is 2.32. The van der Waals surface area contributed by atoms with Crippen molar-refractivity contribution >= 4 is 21.5 Å².